The predicted molar refractivity (Wildman–Crippen MR) is 89.9 cm³/mol. The van der Waals surface area contributed by atoms with Gasteiger partial charge in [0.25, 0.3) is 0 Å². The summed E-state index contributed by atoms with van der Waals surface area (Å²) in [6.45, 7) is 0. The predicted octanol–water partition coefficient (Wildman–Crippen LogP) is 4.98. The average molecular weight is 385 g/mol. The molecule has 2 aromatic rings. The maximum absolute atomic E-state index is 12.4. The van der Waals surface area contributed by atoms with Crippen LogP contribution in [0.15, 0.2) is 59.1 Å². The molecule has 108 valence electrons. The third kappa shape index (κ3) is 2.96. The van der Waals surface area contributed by atoms with Crippen molar-refractivity contribution in [1.29, 1.82) is 0 Å². The fraction of sp³-hybridized carbons (Fsp3) is 0.188. The van der Waals surface area contributed by atoms with Crippen molar-refractivity contribution in [3.05, 3.63) is 64.6 Å². The quantitative estimate of drug-likeness (QED) is 0.743. The molecule has 1 N–H and O–H groups in total. The maximum Gasteiger partial charge on any atom is 0.231 e. The Morgan fingerprint density at radius 3 is 2.48 bits per heavy atom. The van der Waals surface area contributed by atoms with Crippen LogP contribution in [0, 0.1) is 5.92 Å². The van der Waals surface area contributed by atoms with Gasteiger partial charge in [0.1, 0.15) is 4.33 Å². The molecule has 2 atom stereocenters. The third-order valence-corrected chi connectivity index (χ3v) is 5.02. The standard InChI is InChI=1S/C16H12BrCl2NO/c17-11-7-4-8-12(9-11)20-15(21)14-13(16(14,18)19)10-5-2-1-3-6-10/h1-9,13-14H,(H,20,21)/t13-,14-/m1/s1. The maximum atomic E-state index is 12.4. The van der Waals surface area contributed by atoms with E-state index >= 15 is 0 Å². The van der Waals surface area contributed by atoms with E-state index in [0.717, 1.165) is 15.7 Å². The Morgan fingerprint density at radius 2 is 1.81 bits per heavy atom. The van der Waals surface area contributed by atoms with Crippen molar-refractivity contribution in [2.24, 2.45) is 5.92 Å². The SMILES string of the molecule is O=C(Nc1cccc(Br)c1)[C@H]1[C@@H](c2ccccc2)C1(Cl)Cl. The Bertz CT molecular complexity index is 675. The van der Waals surface area contributed by atoms with E-state index in [9.17, 15) is 4.79 Å². The minimum atomic E-state index is -1.04. The summed E-state index contributed by atoms with van der Waals surface area (Å²) in [5.41, 5.74) is 1.70. The lowest BCUT2D eigenvalue weighted by Gasteiger charge is -2.05. The Morgan fingerprint density at radius 1 is 1.10 bits per heavy atom. The molecule has 0 aromatic heterocycles. The minimum absolute atomic E-state index is 0.160. The van der Waals surface area contributed by atoms with Gasteiger partial charge in [-0.3, -0.25) is 4.79 Å². The first-order chi connectivity index (χ1) is 10.00. The van der Waals surface area contributed by atoms with Gasteiger partial charge in [-0.25, -0.2) is 0 Å². The van der Waals surface area contributed by atoms with Gasteiger partial charge in [0, 0.05) is 16.1 Å². The monoisotopic (exact) mass is 383 g/mol. The van der Waals surface area contributed by atoms with E-state index in [1.165, 1.54) is 0 Å². The van der Waals surface area contributed by atoms with Crippen LogP contribution in [0.3, 0.4) is 0 Å². The number of hydrogen-bond acceptors (Lipinski definition) is 1. The summed E-state index contributed by atoms with van der Waals surface area (Å²) in [7, 11) is 0. The zero-order valence-corrected chi connectivity index (χ0v) is 14.0. The summed E-state index contributed by atoms with van der Waals surface area (Å²) in [6, 6.07) is 17.1. The number of carbonyl (C=O) groups excluding carboxylic acids is 1. The molecule has 1 aliphatic rings. The highest BCUT2D eigenvalue weighted by molar-refractivity contribution is 9.10. The third-order valence-electron chi connectivity index (χ3n) is 3.59. The molecular weight excluding hydrogens is 373 g/mol. The zero-order chi connectivity index (χ0) is 15.0. The molecule has 2 nitrogen and oxygen atoms in total. The molecule has 0 unspecified atom stereocenters. The molecule has 2 aromatic carbocycles. The second-order valence-corrected chi connectivity index (χ2v) is 7.40. The van der Waals surface area contributed by atoms with Crippen LogP contribution < -0.4 is 5.32 Å². The number of amides is 1. The first-order valence-electron chi connectivity index (χ1n) is 6.49. The number of carbonyl (C=O) groups is 1. The van der Waals surface area contributed by atoms with E-state index in [0.29, 0.717) is 0 Å². The summed E-state index contributed by atoms with van der Waals surface area (Å²) in [6.07, 6.45) is 0. The Balaban J connectivity index is 1.77. The largest absolute Gasteiger partial charge is 0.326 e. The Hall–Kier alpha value is -1.03. The van der Waals surface area contributed by atoms with Crippen LogP contribution in [0.2, 0.25) is 0 Å². The molecule has 0 saturated heterocycles. The van der Waals surface area contributed by atoms with Gasteiger partial charge >= 0.3 is 0 Å². The van der Waals surface area contributed by atoms with E-state index in [1.807, 2.05) is 54.6 Å². The smallest absolute Gasteiger partial charge is 0.231 e. The number of nitrogens with one attached hydrogen (secondary N) is 1. The number of benzene rings is 2. The number of anilines is 1. The number of rotatable bonds is 3. The average Bonchev–Trinajstić information content (AvgIpc) is 3.03. The highest BCUT2D eigenvalue weighted by atomic mass is 79.9. The Labute approximate surface area is 141 Å². The van der Waals surface area contributed by atoms with Crippen molar-refractivity contribution < 1.29 is 4.79 Å². The van der Waals surface area contributed by atoms with Gasteiger partial charge in [-0.2, -0.15) is 0 Å². The molecule has 0 spiro atoms. The number of alkyl halides is 2. The second kappa shape index (κ2) is 5.64. The van der Waals surface area contributed by atoms with Gasteiger partial charge in [0.05, 0.1) is 5.92 Å². The van der Waals surface area contributed by atoms with E-state index in [4.69, 9.17) is 23.2 Å². The lowest BCUT2D eigenvalue weighted by Crippen LogP contribution is -2.17. The normalized spacial score (nSPS) is 22.6. The summed E-state index contributed by atoms with van der Waals surface area (Å²) in [5, 5.41) is 2.86. The van der Waals surface area contributed by atoms with Gasteiger partial charge in [-0.15, -0.1) is 23.2 Å². The van der Waals surface area contributed by atoms with Gasteiger partial charge < -0.3 is 5.32 Å². The molecule has 0 heterocycles. The molecule has 5 heteroatoms. The van der Waals surface area contributed by atoms with Gasteiger partial charge in [-0.1, -0.05) is 52.3 Å². The van der Waals surface area contributed by atoms with Gasteiger partial charge in [0.15, 0.2) is 0 Å². The van der Waals surface area contributed by atoms with Crippen LogP contribution in [0.25, 0.3) is 0 Å². The molecule has 1 aliphatic carbocycles. The van der Waals surface area contributed by atoms with Gasteiger partial charge in [-0.05, 0) is 23.8 Å². The van der Waals surface area contributed by atoms with Crippen molar-refractivity contribution in [2.75, 3.05) is 5.32 Å². The summed E-state index contributed by atoms with van der Waals surface area (Å²) in [4.78, 5) is 12.4. The summed E-state index contributed by atoms with van der Waals surface area (Å²) < 4.78 is -0.143. The van der Waals surface area contributed by atoms with Crippen LogP contribution in [0.4, 0.5) is 5.69 Å². The summed E-state index contributed by atoms with van der Waals surface area (Å²) in [5.74, 6) is -0.775. The first kappa shape index (κ1) is 14.9. The van der Waals surface area contributed by atoms with Crippen molar-refractivity contribution in [3.8, 4) is 0 Å². The van der Waals surface area contributed by atoms with E-state index in [2.05, 4.69) is 21.2 Å². The van der Waals surface area contributed by atoms with Crippen molar-refractivity contribution in [2.45, 2.75) is 10.3 Å². The molecule has 0 aliphatic heterocycles. The lowest BCUT2D eigenvalue weighted by molar-refractivity contribution is -0.117. The van der Waals surface area contributed by atoms with Crippen molar-refractivity contribution in [1.82, 2.24) is 0 Å². The highest BCUT2D eigenvalue weighted by Crippen LogP contribution is 2.65. The molecule has 1 saturated carbocycles. The number of hydrogen-bond donors (Lipinski definition) is 1. The molecule has 0 radical (unpaired) electrons. The summed E-state index contributed by atoms with van der Waals surface area (Å²) >= 11 is 16.0. The van der Waals surface area contributed by atoms with Gasteiger partial charge in [0.2, 0.25) is 5.91 Å². The van der Waals surface area contributed by atoms with Crippen LogP contribution in [0.1, 0.15) is 11.5 Å². The Kier molecular flexibility index (Phi) is 4.00. The van der Waals surface area contributed by atoms with Crippen molar-refractivity contribution in [3.63, 3.8) is 0 Å². The van der Waals surface area contributed by atoms with Crippen LogP contribution in [-0.4, -0.2) is 10.2 Å². The topological polar surface area (TPSA) is 29.1 Å². The second-order valence-electron chi connectivity index (χ2n) is 5.04. The van der Waals surface area contributed by atoms with Crippen LogP contribution in [0.5, 0.6) is 0 Å². The van der Waals surface area contributed by atoms with Crippen LogP contribution >= 0.6 is 39.1 Å². The zero-order valence-electron chi connectivity index (χ0n) is 10.9. The minimum Gasteiger partial charge on any atom is -0.326 e. The molecule has 21 heavy (non-hydrogen) atoms. The molecule has 1 amide bonds. The van der Waals surface area contributed by atoms with Crippen molar-refractivity contribution >= 4 is 50.7 Å². The highest BCUT2D eigenvalue weighted by Gasteiger charge is 2.67. The fourth-order valence-electron chi connectivity index (χ4n) is 2.51. The lowest BCUT2D eigenvalue weighted by atomic mass is 10.1. The molecule has 3 rings (SSSR count). The number of halogens is 3. The van der Waals surface area contributed by atoms with E-state index < -0.39 is 10.3 Å². The first-order valence-corrected chi connectivity index (χ1v) is 8.04. The van der Waals surface area contributed by atoms with E-state index in [1.54, 1.807) is 0 Å². The molecule has 1 fully saturated rings. The molecular formula is C16H12BrCl2NO. The van der Waals surface area contributed by atoms with E-state index in [-0.39, 0.29) is 11.8 Å². The van der Waals surface area contributed by atoms with Crippen LogP contribution in [-0.2, 0) is 4.79 Å². The molecule has 0 bridgehead atoms. The fourth-order valence-corrected chi connectivity index (χ4v) is 3.74.